The topological polar surface area (TPSA) is 78.4 Å². The number of benzene rings is 2. The van der Waals surface area contributed by atoms with Crippen molar-refractivity contribution in [1.29, 1.82) is 0 Å². The standard InChI is InChI=1S/C13H11F3O3S.H3N/c1-9(19-20(17,18)13(14,15)16)11-8-4-6-10-5-2-3-7-12(10)11;/h2-9H,1H3;1H3. The fourth-order valence-corrected chi connectivity index (χ4v) is 2.49. The average Bonchev–Trinajstić information content (AvgIpc) is 2.36. The van der Waals surface area contributed by atoms with Crippen LogP contribution in [0.2, 0.25) is 0 Å². The third-order valence-electron chi connectivity index (χ3n) is 2.82. The van der Waals surface area contributed by atoms with E-state index in [0.29, 0.717) is 10.9 Å². The first-order valence-corrected chi connectivity index (χ1v) is 7.10. The van der Waals surface area contributed by atoms with Crippen LogP contribution in [0.5, 0.6) is 0 Å². The zero-order valence-electron chi connectivity index (χ0n) is 11.1. The maximum atomic E-state index is 12.3. The van der Waals surface area contributed by atoms with E-state index in [1.54, 1.807) is 42.5 Å². The zero-order valence-corrected chi connectivity index (χ0v) is 11.9. The van der Waals surface area contributed by atoms with Crippen LogP contribution in [-0.2, 0) is 14.3 Å². The van der Waals surface area contributed by atoms with Gasteiger partial charge in [-0.25, -0.2) is 0 Å². The van der Waals surface area contributed by atoms with E-state index in [4.69, 9.17) is 0 Å². The van der Waals surface area contributed by atoms with Gasteiger partial charge in [-0.15, -0.1) is 0 Å². The highest BCUT2D eigenvalue weighted by atomic mass is 32.2. The number of alkyl halides is 3. The molecule has 0 heterocycles. The molecule has 0 aliphatic rings. The molecule has 0 saturated heterocycles. The Labute approximate surface area is 120 Å². The highest BCUT2D eigenvalue weighted by Crippen LogP contribution is 2.32. The van der Waals surface area contributed by atoms with Crippen LogP contribution in [0.1, 0.15) is 18.6 Å². The van der Waals surface area contributed by atoms with Crippen molar-refractivity contribution in [3.05, 3.63) is 48.0 Å². The summed E-state index contributed by atoms with van der Waals surface area (Å²) in [7, 11) is -5.61. The molecule has 2 rings (SSSR count). The molecule has 0 aromatic heterocycles. The van der Waals surface area contributed by atoms with Gasteiger partial charge in [0.15, 0.2) is 0 Å². The molecule has 0 amide bonds. The minimum atomic E-state index is -5.61. The minimum absolute atomic E-state index is 0. The Balaban J connectivity index is 0.00000220. The Kier molecular flexibility index (Phi) is 4.98. The summed E-state index contributed by atoms with van der Waals surface area (Å²) in [6.07, 6.45) is -1.23. The maximum Gasteiger partial charge on any atom is 0.523 e. The highest BCUT2D eigenvalue weighted by Gasteiger charge is 2.48. The lowest BCUT2D eigenvalue weighted by Crippen LogP contribution is -2.26. The molecule has 0 bridgehead atoms. The molecule has 116 valence electrons. The van der Waals surface area contributed by atoms with Crippen LogP contribution in [0.15, 0.2) is 42.5 Å². The largest absolute Gasteiger partial charge is 0.523 e. The van der Waals surface area contributed by atoms with E-state index in [0.717, 1.165) is 5.39 Å². The maximum absolute atomic E-state index is 12.3. The summed E-state index contributed by atoms with van der Waals surface area (Å²) >= 11 is 0. The molecule has 0 spiro atoms. The van der Waals surface area contributed by atoms with E-state index in [1.165, 1.54) is 6.92 Å². The molecule has 2 aromatic rings. The Morgan fingerprint density at radius 1 is 1.05 bits per heavy atom. The highest BCUT2D eigenvalue weighted by molar-refractivity contribution is 7.87. The summed E-state index contributed by atoms with van der Waals surface area (Å²) in [5.74, 6) is 0. The third kappa shape index (κ3) is 3.52. The molecule has 1 atom stereocenters. The first-order chi connectivity index (χ1) is 9.22. The van der Waals surface area contributed by atoms with Crippen LogP contribution in [0.4, 0.5) is 13.2 Å². The van der Waals surface area contributed by atoms with E-state index in [9.17, 15) is 21.6 Å². The molecule has 2 aromatic carbocycles. The van der Waals surface area contributed by atoms with Gasteiger partial charge in [-0.2, -0.15) is 21.6 Å². The van der Waals surface area contributed by atoms with Crippen molar-refractivity contribution in [1.82, 2.24) is 6.15 Å². The van der Waals surface area contributed by atoms with Gasteiger partial charge in [-0.3, -0.25) is 4.18 Å². The van der Waals surface area contributed by atoms with Crippen molar-refractivity contribution in [3.8, 4) is 0 Å². The van der Waals surface area contributed by atoms with Crippen LogP contribution in [0.3, 0.4) is 0 Å². The minimum Gasteiger partial charge on any atom is -0.344 e. The van der Waals surface area contributed by atoms with Gasteiger partial charge in [0, 0.05) is 0 Å². The molecule has 1 unspecified atom stereocenters. The molecule has 0 saturated carbocycles. The van der Waals surface area contributed by atoms with Crippen LogP contribution in [0.25, 0.3) is 10.8 Å². The fraction of sp³-hybridized carbons (Fsp3) is 0.231. The molecular formula is C13H14F3NO3S. The van der Waals surface area contributed by atoms with Crippen molar-refractivity contribution >= 4 is 20.9 Å². The van der Waals surface area contributed by atoms with Crippen molar-refractivity contribution in [3.63, 3.8) is 0 Å². The lowest BCUT2D eigenvalue weighted by Gasteiger charge is -2.16. The van der Waals surface area contributed by atoms with Gasteiger partial charge in [0.05, 0.1) is 0 Å². The van der Waals surface area contributed by atoms with Crippen LogP contribution in [0, 0.1) is 0 Å². The smallest absolute Gasteiger partial charge is 0.344 e. The second-order valence-electron chi connectivity index (χ2n) is 4.21. The summed E-state index contributed by atoms with van der Waals surface area (Å²) in [6, 6.07) is 11.9. The van der Waals surface area contributed by atoms with Crippen molar-refractivity contribution < 1.29 is 25.8 Å². The van der Waals surface area contributed by atoms with Gasteiger partial charge in [0.1, 0.15) is 6.10 Å². The molecule has 21 heavy (non-hydrogen) atoms. The summed E-state index contributed by atoms with van der Waals surface area (Å²) in [6.45, 7) is 1.27. The molecule has 8 heteroatoms. The number of fused-ring (bicyclic) bond motifs is 1. The SMILES string of the molecule is CC(OS(=O)(=O)C(F)(F)F)c1cccc2ccccc12.N. The summed E-state index contributed by atoms with van der Waals surface area (Å²) in [5.41, 5.74) is -5.04. The van der Waals surface area contributed by atoms with Crippen molar-refractivity contribution in [2.24, 2.45) is 0 Å². The normalized spacial score (nSPS) is 13.7. The van der Waals surface area contributed by atoms with E-state index >= 15 is 0 Å². The van der Waals surface area contributed by atoms with Crippen LogP contribution in [-0.4, -0.2) is 13.9 Å². The molecule has 3 N–H and O–H groups in total. The molecular weight excluding hydrogens is 307 g/mol. The molecule has 0 fully saturated rings. The molecule has 4 nitrogen and oxygen atoms in total. The second kappa shape index (κ2) is 6.00. The predicted molar refractivity (Wildman–Crippen MR) is 73.4 cm³/mol. The average molecular weight is 321 g/mol. The summed E-state index contributed by atoms with van der Waals surface area (Å²) < 4.78 is 63.2. The lowest BCUT2D eigenvalue weighted by molar-refractivity contribution is -0.0568. The van der Waals surface area contributed by atoms with Crippen molar-refractivity contribution in [2.75, 3.05) is 0 Å². The first-order valence-electron chi connectivity index (χ1n) is 5.69. The van der Waals surface area contributed by atoms with Gasteiger partial charge in [0.2, 0.25) is 0 Å². The number of rotatable bonds is 3. The van der Waals surface area contributed by atoms with Gasteiger partial charge < -0.3 is 6.15 Å². The lowest BCUT2D eigenvalue weighted by atomic mass is 10.0. The van der Waals surface area contributed by atoms with Crippen LogP contribution >= 0.6 is 0 Å². The molecule has 0 aliphatic heterocycles. The van der Waals surface area contributed by atoms with E-state index < -0.39 is 21.7 Å². The van der Waals surface area contributed by atoms with Gasteiger partial charge in [-0.1, -0.05) is 42.5 Å². The fourth-order valence-electron chi connectivity index (χ4n) is 1.90. The van der Waals surface area contributed by atoms with E-state index in [-0.39, 0.29) is 6.15 Å². The summed E-state index contributed by atoms with van der Waals surface area (Å²) in [4.78, 5) is 0. The third-order valence-corrected chi connectivity index (χ3v) is 3.92. The Morgan fingerprint density at radius 2 is 1.62 bits per heavy atom. The molecule has 0 aliphatic carbocycles. The number of hydrogen-bond acceptors (Lipinski definition) is 4. The van der Waals surface area contributed by atoms with Gasteiger partial charge in [0.25, 0.3) is 0 Å². The van der Waals surface area contributed by atoms with E-state index in [1.807, 2.05) is 0 Å². The number of hydrogen-bond donors (Lipinski definition) is 1. The molecule has 0 radical (unpaired) electrons. The zero-order chi connectivity index (χ0) is 15.0. The monoisotopic (exact) mass is 321 g/mol. The van der Waals surface area contributed by atoms with Gasteiger partial charge >= 0.3 is 15.6 Å². The first kappa shape index (κ1) is 17.4. The summed E-state index contributed by atoms with van der Waals surface area (Å²) in [5, 5.41) is 1.45. The van der Waals surface area contributed by atoms with Crippen LogP contribution < -0.4 is 6.15 Å². The number of halogens is 3. The second-order valence-corrected chi connectivity index (χ2v) is 5.77. The predicted octanol–water partition coefficient (Wildman–Crippen LogP) is 3.93. The van der Waals surface area contributed by atoms with Gasteiger partial charge in [-0.05, 0) is 23.3 Å². The quantitative estimate of drug-likeness (QED) is 0.686. The Hall–Kier alpha value is -1.64. The Bertz CT molecular complexity index is 724. The van der Waals surface area contributed by atoms with E-state index in [2.05, 4.69) is 4.18 Å². The Morgan fingerprint density at radius 3 is 2.24 bits per heavy atom. The van der Waals surface area contributed by atoms with Crippen molar-refractivity contribution in [2.45, 2.75) is 18.5 Å².